The van der Waals surface area contributed by atoms with E-state index in [0.29, 0.717) is 24.7 Å². The van der Waals surface area contributed by atoms with E-state index in [1.165, 1.54) is 32.1 Å². The molecule has 0 radical (unpaired) electrons. The number of phenolic OH excluding ortho intramolecular Hbond substituents is 1. The fourth-order valence-electron chi connectivity index (χ4n) is 3.61. The molecule has 0 bridgehead atoms. The highest BCUT2D eigenvalue weighted by atomic mass is 16.5. The summed E-state index contributed by atoms with van der Waals surface area (Å²) >= 11 is 0. The number of benzene rings is 2. The molecule has 2 aromatic rings. The lowest BCUT2D eigenvalue weighted by Crippen LogP contribution is -2.15. The summed E-state index contributed by atoms with van der Waals surface area (Å²) in [6, 6.07) is 13.4. The summed E-state index contributed by atoms with van der Waals surface area (Å²) in [6.45, 7) is 0.613. The summed E-state index contributed by atoms with van der Waals surface area (Å²) in [5.41, 5.74) is 2.58. The summed E-state index contributed by atoms with van der Waals surface area (Å²) in [7, 11) is 0. The molecule has 1 saturated carbocycles. The van der Waals surface area contributed by atoms with Crippen molar-refractivity contribution in [3.05, 3.63) is 48.0 Å². The van der Waals surface area contributed by atoms with Gasteiger partial charge in [0.1, 0.15) is 0 Å². The van der Waals surface area contributed by atoms with Crippen molar-refractivity contribution in [1.82, 2.24) is 0 Å². The van der Waals surface area contributed by atoms with E-state index >= 15 is 0 Å². The van der Waals surface area contributed by atoms with Crippen molar-refractivity contribution in [3.63, 3.8) is 0 Å². The Morgan fingerprint density at radius 1 is 1.08 bits per heavy atom. The Morgan fingerprint density at radius 2 is 1.81 bits per heavy atom. The SMILES string of the molecule is O=C(O)CCc1cc(O)c(OCC2CCCCC2)c(-c2ccccc2)c1. The van der Waals surface area contributed by atoms with Crippen molar-refractivity contribution in [3.8, 4) is 22.6 Å². The van der Waals surface area contributed by atoms with Crippen LogP contribution in [0.3, 0.4) is 0 Å². The number of carboxylic acid groups (broad SMARTS) is 1. The molecule has 0 unspecified atom stereocenters. The van der Waals surface area contributed by atoms with Crippen LogP contribution in [-0.2, 0) is 11.2 Å². The van der Waals surface area contributed by atoms with Crippen molar-refractivity contribution in [2.45, 2.75) is 44.9 Å². The van der Waals surface area contributed by atoms with Crippen LogP contribution in [0.15, 0.2) is 42.5 Å². The van der Waals surface area contributed by atoms with Gasteiger partial charge in [-0.05, 0) is 48.4 Å². The fourth-order valence-corrected chi connectivity index (χ4v) is 3.61. The number of carbonyl (C=O) groups is 1. The van der Waals surface area contributed by atoms with Crippen LogP contribution < -0.4 is 4.74 Å². The molecule has 0 spiro atoms. The first-order valence-electron chi connectivity index (χ1n) is 9.39. The fraction of sp³-hybridized carbons (Fsp3) is 0.409. The van der Waals surface area contributed by atoms with Crippen LogP contribution in [0.4, 0.5) is 0 Å². The number of aryl methyl sites for hydroxylation is 1. The second kappa shape index (κ2) is 8.75. The number of aliphatic carboxylic acids is 1. The molecule has 3 rings (SSSR count). The van der Waals surface area contributed by atoms with Crippen LogP contribution in [0.25, 0.3) is 11.1 Å². The number of phenols is 1. The largest absolute Gasteiger partial charge is 0.504 e. The van der Waals surface area contributed by atoms with E-state index in [4.69, 9.17) is 9.84 Å². The smallest absolute Gasteiger partial charge is 0.303 e. The van der Waals surface area contributed by atoms with Gasteiger partial charge in [-0.15, -0.1) is 0 Å². The Morgan fingerprint density at radius 3 is 2.50 bits per heavy atom. The minimum absolute atomic E-state index is 0.0376. The third-order valence-corrected chi connectivity index (χ3v) is 5.03. The second-order valence-electron chi connectivity index (χ2n) is 7.07. The van der Waals surface area contributed by atoms with Gasteiger partial charge < -0.3 is 14.9 Å². The van der Waals surface area contributed by atoms with Crippen LogP contribution in [0, 0.1) is 5.92 Å². The molecule has 0 saturated heterocycles. The van der Waals surface area contributed by atoms with Crippen LogP contribution >= 0.6 is 0 Å². The van der Waals surface area contributed by atoms with Crippen LogP contribution in [0.5, 0.6) is 11.5 Å². The Hall–Kier alpha value is -2.49. The van der Waals surface area contributed by atoms with Gasteiger partial charge in [-0.3, -0.25) is 4.79 Å². The minimum atomic E-state index is -0.844. The normalized spacial score (nSPS) is 14.9. The average Bonchev–Trinajstić information content (AvgIpc) is 2.66. The summed E-state index contributed by atoms with van der Waals surface area (Å²) < 4.78 is 6.08. The van der Waals surface area contributed by atoms with Crippen molar-refractivity contribution in [1.29, 1.82) is 0 Å². The van der Waals surface area contributed by atoms with Crippen molar-refractivity contribution < 1.29 is 19.7 Å². The molecule has 2 aromatic carbocycles. The van der Waals surface area contributed by atoms with Crippen molar-refractivity contribution >= 4 is 5.97 Å². The topological polar surface area (TPSA) is 66.8 Å². The lowest BCUT2D eigenvalue weighted by molar-refractivity contribution is -0.136. The maximum Gasteiger partial charge on any atom is 0.303 e. The highest BCUT2D eigenvalue weighted by Gasteiger charge is 2.18. The summed E-state index contributed by atoms with van der Waals surface area (Å²) in [6.07, 6.45) is 6.58. The Balaban J connectivity index is 1.86. The van der Waals surface area contributed by atoms with E-state index in [9.17, 15) is 9.90 Å². The minimum Gasteiger partial charge on any atom is -0.504 e. The third kappa shape index (κ3) is 4.78. The molecule has 0 aliphatic heterocycles. The molecule has 4 heteroatoms. The molecular weight excluding hydrogens is 328 g/mol. The van der Waals surface area contributed by atoms with Gasteiger partial charge in [-0.2, -0.15) is 0 Å². The maximum atomic E-state index is 10.9. The van der Waals surface area contributed by atoms with Gasteiger partial charge in [0.05, 0.1) is 6.61 Å². The Kier molecular flexibility index (Phi) is 6.16. The molecule has 1 aliphatic carbocycles. The van der Waals surface area contributed by atoms with Crippen molar-refractivity contribution in [2.75, 3.05) is 6.61 Å². The van der Waals surface area contributed by atoms with E-state index < -0.39 is 5.97 Å². The molecule has 0 heterocycles. The lowest BCUT2D eigenvalue weighted by Gasteiger charge is -2.23. The monoisotopic (exact) mass is 354 g/mol. The molecule has 0 amide bonds. The molecule has 138 valence electrons. The summed E-state index contributed by atoms with van der Waals surface area (Å²) in [5.74, 6) is 0.283. The lowest BCUT2D eigenvalue weighted by atomic mass is 9.90. The number of hydrogen-bond donors (Lipinski definition) is 2. The quantitative estimate of drug-likeness (QED) is 0.731. The van der Waals surface area contributed by atoms with E-state index in [0.717, 1.165) is 16.7 Å². The predicted octanol–water partition coefficient (Wildman–Crippen LogP) is 5.04. The van der Waals surface area contributed by atoms with Crippen molar-refractivity contribution in [2.24, 2.45) is 5.92 Å². The van der Waals surface area contributed by atoms with Crippen LogP contribution in [-0.4, -0.2) is 22.8 Å². The van der Waals surface area contributed by atoms with E-state index in [1.54, 1.807) is 6.07 Å². The van der Waals surface area contributed by atoms with Gasteiger partial charge >= 0.3 is 5.97 Å². The van der Waals surface area contributed by atoms with Crippen LogP contribution in [0.1, 0.15) is 44.1 Å². The Bertz CT molecular complexity index is 733. The maximum absolute atomic E-state index is 10.9. The van der Waals surface area contributed by atoms with E-state index in [2.05, 4.69) is 0 Å². The Labute approximate surface area is 154 Å². The average molecular weight is 354 g/mol. The van der Waals surface area contributed by atoms with Gasteiger partial charge in [0, 0.05) is 12.0 Å². The first-order valence-corrected chi connectivity index (χ1v) is 9.39. The zero-order valence-corrected chi connectivity index (χ0v) is 15.0. The van der Waals surface area contributed by atoms with Gasteiger partial charge in [-0.25, -0.2) is 0 Å². The third-order valence-electron chi connectivity index (χ3n) is 5.03. The molecule has 4 nitrogen and oxygen atoms in total. The van der Waals surface area contributed by atoms with Gasteiger partial charge in [0.25, 0.3) is 0 Å². The van der Waals surface area contributed by atoms with Gasteiger partial charge in [0.15, 0.2) is 11.5 Å². The highest BCUT2D eigenvalue weighted by molar-refractivity contribution is 5.75. The molecule has 2 N–H and O–H groups in total. The van der Waals surface area contributed by atoms with E-state index in [1.807, 2.05) is 36.4 Å². The number of ether oxygens (including phenoxy) is 1. The molecule has 1 aliphatic rings. The van der Waals surface area contributed by atoms with Gasteiger partial charge in [0.2, 0.25) is 0 Å². The van der Waals surface area contributed by atoms with Crippen LogP contribution in [0.2, 0.25) is 0 Å². The molecule has 26 heavy (non-hydrogen) atoms. The number of aromatic hydroxyl groups is 1. The first-order chi connectivity index (χ1) is 12.6. The zero-order valence-electron chi connectivity index (χ0n) is 15.0. The number of rotatable bonds is 7. The number of hydrogen-bond acceptors (Lipinski definition) is 3. The summed E-state index contributed by atoms with van der Waals surface area (Å²) in [4.78, 5) is 10.9. The zero-order chi connectivity index (χ0) is 18.4. The molecule has 1 fully saturated rings. The standard InChI is InChI=1S/C22H26O4/c23-20-14-17(11-12-21(24)25)13-19(18-9-5-2-6-10-18)22(20)26-15-16-7-3-1-4-8-16/h2,5-6,9-10,13-14,16,23H,1,3-4,7-8,11-12,15H2,(H,24,25). The number of carboxylic acids is 1. The van der Waals surface area contributed by atoms with Gasteiger partial charge in [-0.1, -0.05) is 49.6 Å². The molecule has 0 aromatic heterocycles. The molecule has 0 atom stereocenters. The second-order valence-corrected chi connectivity index (χ2v) is 7.07. The van der Waals surface area contributed by atoms with E-state index in [-0.39, 0.29) is 12.2 Å². The first kappa shape index (κ1) is 18.3. The highest BCUT2D eigenvalue weighted by Crippen LogP contribution is 2.40. The predicted molar refractivity (Wildman–Crippen MR) is 102 cm³/mol. The summed E-state index contributed by atoms with van der Waals surface area (Å²) in [5, 5.41) is 19.5. The molecular formula is C22H26O4.